The van der Waals surface area contributed by atoms with Crippen molar-refractivity contribution in [2.75, 3.05) is 6.54 Å². The van der Waals surface area contributed by atoms with Gasteiger partial charge in [0.2, 0.25) is 0 Å². The molecule has 114 valence electrons. The summed E-state index contributed by atoms with van der Waals surface area (Å²) in [5.74, 6) is 0.326. The third kappa shape index (κ3) is 4.32. The summed E-state index contributed by atoms with van der Waals surface area (Å²) in [6.45, 7) is 5.32. The summed E-state index contributed by atoms with van der Waals surface area (Å²) in [6.07, 6.45) is 2.82. The van der Waals surface area contributed by atoms with Gasteiger partial charge in [-0.05, 0) is 34.7 Å². The fourth-order valence-electron chi connectivity index (χ4n) is 2.19. The monoisotopic (exact) mass is 306 g/mol. The molecular weight excluding hydrogens is 284 g/mol. The molecular formula is C15H22N4OS. The minimum Gasteiger partial charge on any atom is -0.338 e. The van der Waals surface area contributed by atoms with Crippen molar-refractivity contribution < 1.29 is 4.79 Å². The van der Waals surface area contributed by atoms with E-state index in [4.69, 9.17) is 0 Å². The maximum atomic E-state index is 11.9. The quantitative estimate of drug-likeness (QED) is 0.862. The van der Waals surface area contributed by atoms with Crippen LogP contribution in [0.1, 0.15) is 36.6 Å². The fraction of sp³-hybridized carbons (Fsp3) is 0.467. The van der Waals surface area contributed by atoms with Crippen LogP contribution in [0.2, 0.25) is 0 Å². The van der Waals surface area contributed by atoms with E-state index < -0.39 is 0 Å². The third-order valence-corrected chi connectivity index (χ3v) is 4.15. The lowest BCUT2D eigenvalue weighted by Gasteiger charge is -2.12. The van der Waals surface area contributed by atoms with Crippen molar-refractivity contribution in [1.29, 1.82) is 0 Å². The van der Waals surface area contributed by atoms with Crippen LogP contribution in [0.25, 0.3) is 0 Å². The van der Waals surface area contributed by atoms with Crippen molar-refractivity contribution in [3.05, 3.63) is 39.8 Å². The molecule has 0 saturated heterocycles. The first-order valence-electron chi connectivity index (χ1n) is 7.15. The highest BCUT2D eigenvalue weighted by Crippen LogP contribution is 2.16. The molecule has 1 atom stereocenters. The highest BCUT2D eigenvalue weighted by atomic mass is 32.1. The highest BCUT2D eigenvalue weighted by molar-refractivity contribution is 7.07. The second kappa shape index (κ2) is 7.26. The molecule has 2 N–H and O–H groups in total. The van der Waals surface area contributed by atoms with Crippen molar-refractivity contribution in [1.82, 2.24) is 20.4 Å². The third-order valence-electron chi connectivity index (χ3n) is 3.45. The molecule has 0 unspecified atom stereocenters. The van der Waals surface area contributed by atoms with E-state index in [-0.39, 0.29) is 6.03 Å². The van der Waals surface area contributed by atoms with Crippen molar-refractivity contribution in [3.63, 3.8) is 0 Å². The average molecular weight is 306 g/mol. The second-order valence-corrected chi connectivity index (χ2v) is 5.93. The van der Waals surface area contributed by atoms with Gasteiger partial charge >= 0.3 is 6.03 Å². The van der Waals surface area contributed by atoms with Gasteiger partial charge in [0.25, 0.3) is 0 Å². The number of rotatable bonds is 6. The number of aromatic nitrogens is 2. The Morgan fingerprint density at radius 3 is 2.95 bits per heavy atom. The first-order valence-corrected chi connectivity index (χ1v) is 8.09. The van der Waals surface area contributed by atoms with Gasteiger partial charge in [-0.3, -0.25) is 4.68 Å². The normalized spacial score (nSPS) is 12.1. The van der Waals surface area contributed by atoms with Crippen LogP contribution < -0.4 is 10.6 Å². The molecule has 0 radical (unpaired) electrons. The van der Waals surface area contributed by atoms with Crippen LogP contribution in [-0.2, 0) is 20.0 Å². The number of hydrogen-bond acceptors (Lipinski definition) is 3. The van der Waals surface area contributed by atoms with Crippen molar-refractivity contribution in [2.24, 2.45) is 7.05 Å². The summed E-state index contributed by atoms with van der Waals surface area (Å²) in [7, 11) is 1.89. The lowest BCUT2D eigenvalue weighted by molar-refractivity contribution is 0.240. The molecule has 2 heterocycles. The van der Waals surface area contributed by atoms with E-state index >= 15 is 0 Å². The van der Waals surface area contributed by atoms with Crippen molar-refractivity contribution in [2.45, 2.75) is 32.7 Å². The van der Waals surface area contributed by atoms with Crippen LogP contribution in [0.3, 0.4) is 0 Å². The van der Waals surface area contributed by atoms with Gasteiger partial charge in [-0.15, -0.1) is 0 Å². The zero-order chi connectivity index (χ0) is 15.2. The van der Waals surface area contributed by atoms with Gasteiger partial charge < -0.3 is 10.6 Å². The zero-order valence-electron chi connectivity index (χ0n) is 12.7. The SMILES string of the molecule is CCc1nn(C)cc1CNC(=O)NC[C@H](C)c1ccsc1. The van der Waals surface area contributed by atoms with E-state index in [0.717, 1.165) is 17.7 Å². The van der Waals surface area contributed by atoms with Crippen LogP contribution in [0.15, 0.2) is 23.0 Å². The molecule has 2 aromatic heterocycles. The number of nitrogens with zero attached hydrogens (tertiary/aromatic N) is 2. The Kier molecular flexibility index (Phi) is 5.38. The predicted octanol–water partition coefficient (Wildman–Crippen LogP) is 2.65. The fourth-order valence-corrected chi connectivity index (χ4v) is 2.97. The first kappa shape index (κ1) is 15.6. The van der Waals surface area contributed by atoms with E-state index in [9.17, 15) is 4.79 Å². The zero-order valence-corrected chi connectivity index (χ0v) is 13.5. The summed E-state index contributed by atoms with van der Waals surface area (Å²) in [5, 5.41) is 14.3. The van der Waals surface area contributed by atoms with Gasteiger partial charge in [0.15, 0.2) is 0 Å². The lowest BCUT2D eigenvalue weighted by atomic mass is 10.1. The highest BCUT2D eigenvalue weighted by Gasteiger charge is 2.10. The molecule has 2 aromatic rings. The van der Waals surface area contributed by atoms with Crippen LogP contribution in [0, 0.1) is 0 Å². The number of urea groups is 1. The number of thiophene rings is 1. The maximum absolute atomic E-state index is 11.9. The van der Waals surface area contributed by atoms with Crippen LogP contribution in [-0.4, -0.2) is 22.4 Å². The molecule has 0 spiro atoms. The predicted molar refractivity (Wildman–Crippen MR) is 85.6 cm³/mol. The Morgan fingerprint density at radius 1 is 1.48 bits per heavy atom. The van der Waals surface area contributed by atoms with E-state index in [2.05, 4.69) is 46.4 Å². The number of hydrogen-bond donors (Lipinski definition) is 2. The molecule has 21 heavy (non-hydrogen) atoms. The largest absolute Gasteiger partial charge is 0.338 e. The molecule has 2 amide bonds. The minimum absolute atomic E-state index is 0.136. The maximum Gasteiger partial charge on any atom is 0.315 e. The molecule has 6 heteroatoms. The molecule has 0 fully saturated rings. The molecule has 2 rings (SSSR count). The van der Waals surface area contributed by atoms with Crippen LogP contribution in [0.5, 0.6) is 0 Å². The molecule has 0 bridgehead atoms. The van der Waals surface area contributed by atoms with E-state index in [1.807, 2.05) is 13.2 Å². The summed E-state index contributed by atoms with van der Waals surface area (Å²) >= 11 is 1.68. The molecule has 0 aliphatic heterocycles. The van der Waals surface area contributed by atoms with E-state index in [1.54, 1.807) is 16.0 Å². The van der Waals surface area contributed by atoms with E-state index in [1.165, 1.54) is 5.56 Å². The second-order valence-electron chi connectivity index (χ2n) is 5.15. The van der Waals surface area contributed by atoms with Crippen LogP contribution >= 0.6 is 11.3 Å². The van der Waals surface area contributed by atoms with Gasteiger partial charge in [0, 0.05) is 31.9 Å². The molecule has 0 aliphatic carbocycles. The minimum atomic E-state index is -0.136. The molecule has 0 aromatic carbocycles. The Morgan fingerprint density at radius 2 is 2.29 bits per heavy atom. The van der Waals surface area contributed by atoms with Crippen molar-refractivity contribution >= 4 is 17.4 Å². The number of amides is 2. The Hall–Kier alpha value is -1.82. The van der Waals surface area contributed by atoms with Crippen LogP contribution in [0.4, 0.5) is 4.79 Å². The van der Waals surface area contributed by atoms with Gasteiger partial charge in [0.05, 0.1) is 5.69 Å². The number of aryl methyl sites for hydroxylation is 2. The number of carbonyl (C=O) groups excluding carboxylic acids is 1. The summed E-state index contributed by atoms with van der Waals surface area (Å²) < 4.78 is 1.78. The summed E-state index contributed by atoms with van der Waals surface area (Å²) in [4.78, 5) is 11.9. The Bertz CT molecular complexity index is 577. The summed E-state index contributed by atoms with van der Waals surface area (Å²) in [5.41, 5.74) is 3.37. The Balaban J connectivity index is 1.77. The number of nitrogens with one attached hydrogen (secondary N) is 2. The van der Waals surface area contributed by atoms with Crippen molar-refractivity contribution in [3.8, 4) is 0 Å². The molecule has 0 aliphatic rings. The summed E-state index contributed by atoms with van der Waals surface area (Å²) in [6, 6.07) is 1.96. The number of carbonyl (C=O) groups is 1. The average Bonchev–Trinajstić information content (AvgIpc) is 3.11. The smallest absolute Gasteiger partial charge is 0.315 e. The topological polar surface area (TPSA) is 59.0 Å². The standard InChI is InChI=1S/C15H22N4OS/c1-4-14-13(9-19(3)18-14)8-17-15(20)16-7-11(2)12-5-6-21-10-12/h5-6,9-11H,4,7-8H2,1-3H3,(H2,16,17,20)/t11-/m0/s1. The van der Waals surface area contributed by atoms with Gasteiger partial charge in [-0.1, -0.05) is 13.8 Å². The van der Waals surface area contributed by atoms with Gasteiger partial charge in [0.1, 0.15) is 0 Å². The van der Waals surface area contributed by atoms with Gasteiger partial charge in [-0.2, -0.15) is 16.4 Å². The van der Waals surface area contributed by atoms with E-state index in [0.29, 0.717) is 19.0 Å². The lowest BCUT2D eigenvalue weighted by Crippen LogP contribution is -2.37. The molecule has 0 saturated carbocycles. The van der Waals surface area contributed by atoms with Gasteiger partial charge in [-0.25, -0.2) is 4.79 Å². The first-order chi connectivity index (χ1) is 10.1. The molecule has 5 nitrogen and oxygen atoms in total. The Labute approximate surface area is 129 Å².